The molecule has 1 fully saturated rings. The van der Waals surface area contributed by atoms with E-state index in [1.165, 1.54) is 5.56 Å². The second-order valence-electron chi connectivity index (χ2n) is 4.47. The van der Waals surface area contributed by atoms with Gasteiger partial charge < -0.3 is 5.11 Å². The van der Waals surface area contributed by atoms with Gasteiger partial charge in [-0.05, 0) is 18.5 Å². The van der Waals surface area contributed by atoms with Gasteiger partial charge in [0.15, 0.2) is 0 Å². The first-order valence-electron chi connectivity index (χ1n) is 5.81. The van der Waals surface area contributed by atoms with Crippen LogP contribution in [-0.4, -0.2) is 35.1 Å². The monoisotopic (exact) mass is 239 g/mol. The first kappa shape index (κ1) is 11.9. The molecular formula is C13H18ClNO. The van der Waals surface area contributed by atoms with Crippen LogP contribution in [0.3, 0.4) is 0 Å². The molecule has 2 rings (SSSR count). The maximum Gasteiger partial charge on any atom is 0.0513 e. The summed E-state index contributed by atoms with van der Waals surface area (Å²) in [6, 6.07) is 10.4. The summed E-state index contributed by atoms with van der Waals surface area (Å²) in [6.45, 7) is 3.08. The molecule has 0 aromatic heterocycles. The predicted octanol–water partition coefficient (Wildman–Crippen LogP) is 2.11. The first-order valence-corrected chi connectivity index (χ1v) is 6.24. The number of halogens is 1. The van der Waals surface area contributed by atoms with E-state index < -0.39 is 0 Å². The molecule has 0 amide bonds. The largest absolute Gasteiger partial charge is 0.396 e. The van der Waals surface area contributed by atoms with Gasteiger partial charge in [-0.15, -0.1) is 11.6 Å². The van der Waals surface area contributed by atoms with E-state index >= 15 is 0 Å². The Morgan fingerprint density at radius 1 is 1.31 bits per heavy atom. The highest BCUT2D eigenvalue weighted by Crippen LogP contribution is 2.23. The maximum atomic E-state index is 9.13. The standard InChI is InChI=1S/C13H18ClNO/c14-13-9-15(7-6-12(13)10-16)8-11-4-2-1-3-5-11/h1-5,12-13,16H,6-10H2. The normalized spacial score (nSPS) is 26.9. The van der Waals surface area contributed by atoms with Crippen molar-refractivity contribution in [1.82, 2.24) is 4.90 Å². The highest BCUT2D eigenvalue weighted by molar-refractivity contribution is 6.21. The lowest BCUT2D eigenvalue weighted by Gasteiger charge is -2.34. The summed E-state index contributed by atoms with van der Waals surface area (Å²) in [6.07, 6.45) is 0.998. The molecule has 1 aromatic rings. The quantitative estimate of drug-likeness (QED) is 0.817. The van der Waals surface area contributed by atoms with Gasteiger partial charge >= 0.3 is 0 Å². The Morgan fingerprint density at radius 2 is 2.06 bits per heavy atom. The van der Waals surface area contributed by atoms with E-state index in [0.717, 1.165) is 26.1 Å². The van der Waals surface area contributed by atoms with Crippen molar-refractivity contribution in [2.45, 2.75) is 18.3 Å². The fraction of sp³-hybridized carbons (Fsp3) is 0.538. The van der Waals surface area contributed by atoms with E-state index in [4.69, 9.17) is 16.7 Å². The van der Waals surface area contributed by atoms with Gasteiger partial charge in [-0.2, -0.15) is 0 Å². The van der Waals surface area contributed by atoms with E-state index in [0.29, 0.717) is 0 Å². The first-order chi connectivity index (χ1) is 7.79. The van der Waals surface area contributed by atoms with E-state index in [1.807, 2.05) is 6.07 Å². The lowest BCUT2D eigenvalue weighted by atomic mass is 9.97. The van der Waals surface area contributed by atoms with Gasteiger partial charge in [-0.3, -0.25) is 4.90 Å². The topological polar surface area (TPSA) is 23.5 Å². The molecule has 2 nitrogen and oxygen atoms in total. The highest BCUT2D eigenvalue weighted by Gasteiger charge is 2.26. The van der Waals surface area contributed by atoms with Crippen molar-refractivity contribution in [3.8, 4) is 0 Å². The maximum absolute atomic E-state index is 9.13. The minimum Gasteiger partial charge on any atom is -0.396 e. The molecule has 1 saturated heterocycles. The Kier molecular flexibility index (Phi) is 4.22. The Hall–Kier alpha value is -0.570. The Labute approximate surface area is 102 Å². The van der Waals surface area contributed by atoms with Gasteiger partial charge in [0.2, 0.25) is 0 Å². The molecule has 1 N–H and O–H groups in total. The summed E-state index contributed by atoms with van der Waals surface area (Å²) in [4.78, 5) is 2.36. The van der Waals surface area contributed by atoms with Crippen molar-refractivity contribution < 1.29 is 5.11 Å². The van der Waals surface area contributed by atoms with Gasteiger partial charge in [0.25, 0.3) is 0 Å². The lowest BCUT2D eigenvalue weighted by Crippen LogP contribution is -2.42. The molecule has 88 valence electrons. The molecular weight excluding hydrogens is 222 g/mol. The molecule has 0 saturated carbocycles. The molecule has 2 atom stereocenters. The minimum atomic E-state index is 0.0856. The van der Waals surface area contributed by atoms with Crippen molar-refractivity contribution in [2.24, 2.45) is 5.92 Å². The van der Waals surface area contributed by atoms with E-state index in [1.54, 1.807) is 0 Å². The van der Waals surface area contributed by atoms with Crippen LogP contribution < -0.4 is 0 Å². The summed E-state index contributed by atoms with van der Waals surface area (Å²) in [5, 5.41) is 9.22. The molecule has 1 aliphatic rings. The zero-order chi connectivity index (χ0) is 11.4. The van der Waals surface area contributed by atoms with Crippen molar-refractivity contribution in [2.75, 3.05) is 19.7 Å². The van der Waals surface area contributed by atoms with Crippen LogP contribution in [0.1, 0.15) is 12.0 Å². The minimum absolute atomic E-state index is 0.0856. The summed E-state index contributed by atoms with van der Waals surface area (Å²) < 4.78 is 0. The van der Waals surface area contributed by atoms with Crippen LogP contribution in [0.25, 0.3) is 0 Å². The Bertz CT molecular complexity index is 317. The highest BCUT2D eigenvalue weighted by atomic mass is 35.5. The molecule has 1 aliphatic heterocycles. The third-order valence-electron chi connectivity index (χ3n) is 3.24. The Balaban J connectivity index is 1.89. The van der Waals surface area contributed by atoms with Crippen LogP contribution >= 0.6 is 11.6 Å². The van der Waals surface area contributed by atoms with Gasteiger partial charge in [0.1, 0.15) is 0 Å². The molecule has 2 unspecified atom stereocenters. The number of hydrogen-bond donors (Lipinski definition) is 1. The molecule has 0 aliphatic carbocycles. The summed E-state index contributed by atoms with van der Waals surface area (Å²) >= 11 is 6.24. The predicted molar refractivity (Wildman–Crippen MR) is 66.6 cm³/mol. The van der Waals surface area contributed by atoms with Gasteiger partial charge in [0.05, 0.1) is 5.38 Å². The number of rotatable bonds is 3. The second-order valence-corrected chi connectivity index (χ2v) is 5.03. The van der Waals surface area contributed by atoms with Crippen LogP contribution in [0.15, 0.2) is 30.3 Å². The fourth-order valence-corrected chi connectivity index (χ4v) is 2.61. The average Bonchev–Trinajstić information content (AvgIpc) is 2.31. The van der Waals surface area contributed by atoms with Crippen molar-refractivity contribution in [3.63, 3.8) is 0 Å². The summed E-state index contributed by atoms with van der Waals surface area (Å²) in [5.41, 5.74) is 1.33. The SMILES string of the molecule is OCC1CCN(Cc2ccccc2)CC1Cl. The number of piperidine rings is 1. The number of alkyl halides is 1. The Morgan fingerprint density at radius 3 is 2.69 bits per heavy atom. The molecule has 16 heavy (non-hydrogen) atoms. The third kappa shape index (κ3) is 2.97. The molecule has 0 bridgehead atoms. The molecule has 0 radical (unpaired) electrons. The number of nitrogens with zero attached hydrogens (tertiary/aromatic N) is 1. The zero-order valence-electron chi connectivity index (χ0n) is 9.35. The van der Waals surface area contributed by atoms with E-state index in [9.17, 15) is 0 Å². The number of aliphatic hydroxyl groups is 1. The smallest absolute Gasteiger partial charge is 0.0513 e. The zero-order valence-corrected chi connectivity index (χ0v) is 10.1. The lowest BCUT2D eigenvalue weighted by molar-refractivity contribution is 0.131. The van der Waals surface area contributed by atoms with Crippen molar-refractivity contribution in [1.29, 1.82) is 0 Å². The van der Waals surface area contributed by atoms with Gasteiger partial charge in [0, 0.05) is 25.6 Å². The molecule has 1 aromatic carbocycles. The van der Waals surface area contributed by atoms with Crippen LogP contribution in [0.2, 0.25) is 0 Å². The summed E-state index contributed by atoms with van der Waals surface area (Å²) in [7, 11) is 0. The van der Waals surface area contributed by atoms with E-state index in [-0.39, 0.29) is 17.9 Å². The second kappa shape index (κ2) is 5.67. The van der Waals surface area contributed by atoms with Crippen LogP contribution in [-0.2, 0) is 6.54 Å². The molecule has 0 spiro atoms. The number of benzene rings is 1. The van der Waals surface area contributed by atoms with Crippen LogP contribution in [0, 0.1) is 5.92 Å². The number of likely N-dealkylation sites (tertiary alicyclic amines) is 1. The van der Waals surface area contributed by atoms with Crippen LogP contribution in [0.4, 0.5) is 0 Å². The van der Waals surface area contributed by atoms with Gasteiger partial charge in [-0.1, -0.05) is 30.3 Å². The average molecular weight is 240 g/mol. The molecule has 3 heteroatoms. The third-order valence-corrected chi connectivity index (χ3v) is 3.74. The van der Waals surface area contributed by atoms with Crippen LogP contribution in [0.5, 0.6) is 0 Å². The van der Waals surface area contributed by atoms with Crippen molar-refractivity contribution in [3.05, 3.63) is 35.9 Å². The summed E-state index contributed by atoms with van der Waals surface area (Å²) in [5.74, 6) is 0.272. The fourth-order valence-electron chi connectivity index (χ4n) is 2.21. The number of aliphatic hydroxyl groups excluding tert-OH is 1. The van der Waals surface area contributed by atoms with E-state index in [2.05, 4.69) is 29.2 Å². The number of hydrogen-bond acceptors (Lipinski definition) is 2. The molecule has 1 heterocycles. The van der Waals surface area contributed by atoms with Crippen molar-refractivity contribution >= 4 is 11.6 Å². The van der Waals surface area contributed by atoms with Gasteiger partial charge in [-0.25, -0.2) is 0 Å².